The van der Waals surface area contributed by atoms with Crippen molar-refractivity contribution >= 4 is 0 Å². The van der Waals surface area contributed by atoms with Gasteiger partial charge in [-0.1, -0.05) is 82.7 Å². The molecule has 0 bridgehead atoms. The van der Waals surface area contributed by atoms with Crippen molar-refractivity contribution in [3.8, 4) is 5.75 Å². The smallest absolute Gasteiger partial charge is 0.115 e. The molecule has 0 saturated carbocycles. The molecule has 21 heavy (non-hydrogen) atoms. The highest BCUT2D eigenvalue weighted by Crippen LogP contribution is 2.07. The molecule has 1 nitrogen and oxygen atoms in total. The fourth-order valence-electron chi connectivity index (χ4n) is 1.40. The number of rotatable bonds is 6. The molecular weight excluding hydrogens is 256 g/mol. The maximum Gasteiger partial charge on any atom is 0.115 e. The molecule has 0 aliphatic carbocycles. The van der Waals surface area contributed by atoms with Gasteiger partial charge in [-0.25, -0.2) is 0 Å². The van der Waals surface area contributed by atoms with E-state index >= 15 is 0 Å². The van der Waals surface area contributed by atoms with E-state index in [2.05, 4.69) is 39.8 Å². The first-order valence-electron chi connectivity index (χ1n) is 8.49. The van der Waals surface area contributed by atoms with Gasteiger partial charge in [-0.3, -0.25) is 0 Å². The molecule has 0 aliphatic heterocycles. The number of aromatic hydroxyl groups is 1. The van der Waals surface area contributed by atoms with Crippen molar-refractivity contribution in [1.29, 1.82) is 0 Å². The van der Waals surface area contributed by atoms with Crippen molar-refractivity contribution in [1.82, 2.24) is 0 Å². The zero-order valence-corrected chi connectivity index (χ0v) is 14.9. The Labute approximate surface area is 133 Å². The molecule has 0 saturated heterocycles. The highest BCUT2D eigenvalue weighted by Gasteiger charge is 1.82. The van der Waals surface area contributed by atoms with Crippen molar-refractivity contribution in [2.24, 2.45) is 0 Å². The average Bonchev–Trinajstić information content (AvgIpc) is 2.51. The van der Waals surface area contributed by atoms with Crippen LogP contribution in [0.2, 0.25) is 0 Å². The Bertz CT molecular complexity index is 288. The molecule has 1 rings (SSSR count). The highest BCUT2D eigenvalue weighted by molar-refractivity contribution is 5.24. The summed E-state index contributed by atoms with van der Waals surface area (Å²) in [6.45, 7) is 10.7. The van der Waals surface area contributed by atoms with Crippen LogP contribution in [-0.2, 0) is 0 Å². The van der Waals surface area contributed by atoms with E-state index in [0.29, 0.717) is 5.75 Å². The number of hydrogen-bond donors (Lipinski definition) is 1. The fourth-order valence-corrected chi connectivity index (χ4v) is 1.40. The molecule has 1 N–H and O–H groups in total. The molecule has 0 heterocycles. The minimum absolute atomic E-state index is 0.329. The van der Waals surface area contributed by atoms with E-state index in [1.54, 1.807) is 12.1 Å². The minimum atomic E-state index is 0.329. The number of unbranched alkanes of at least 4 members (excludes halogenated alkanes) is 5. The monoisotopic (exact) mass is 292 g/mol. The number of allylic oxidation sites excluding steroid dienone is 2. The molecule has 1 aromatic carbocycles. The van der Waals surface area contributed by atoms with E-state index in [1.165, 1.54) is 50.5 Å². The van der Waals surface area contributed by atoms with Crippen molar-refractivity contribution in [2.75, 3.05) is 0 Å². The molecule has 1 aromatic rings. The Hall–Kier alpha value is -1.24. The molecule has 0 radical (unpaired) electrons. The first kappa shape index (κ1) is 22.0. The van der Waals surface area contributed by atoms with Gasteiger partial charge in [-0.2, -0.15) is 0 Å². The van der Waals surface area contributed by atoms with Gasteiger partial charge >= 0.3 is 0 Å². The van der Waals surface area contributed by atoms with E-state index in [-0.39, 0.29) is 0 Å². The highest BCUT2D eigenvalue weighted by atomic mass is 16.3. The molecule has 0 fully saturated rings. The fraction of sp³-hybridized carbons (Fsp3) is 0.600. The molecule has 122 valence electrons. The maximum absolute atomic E-state index is 8.76. The molecular formula is C20H36O. The summed E-state index contributed by atoms with van der Waals surface area (Å²) < 4.78 is 0. The lowest BCUT2D eigenvalue weighted by Gasteiger charge is -1.92. The Morgan fingerprint density at radius 3 is 1.81 bits per heavy atom. The van der Waals surface area contributed by atoms with E-state index < -0.39 is 0 Å². The van der Waals surface area contributed by atoms with Crippen LogP contribution in [0.15, 0.2) is 36.4 Å². The lowest BCUT2D eigenvalue weighted by Crippen LogP contribution is -1.72. The average molecular weight is 293 g/mol. The molecule has 0 atom stereocenters. The van der Waals surface area contributed by atoms with Crippen LogP contribution in [0.5, 0.6) is 5.75 Å². The van der Waals surface area contributed by atoms with Crippen LogP contribution in [-0.4, -0.2) is 5.11 Å². The number of benzene rings is 1. The van der Waals surface area contributed by atoms with Gasteiger partial charge in [-0.15, -0.1) is 0 Å². The summed E-state index contributed by atoms with van der Waals surface area (Å²) in [5.74, 6) is 0.329. The molecule has 0 unspecified atom stereocenters. The standard InChI is InChI=1S/C9H18.C7H8O.C4H10/c1-3-5-7-9-8-6-4-2;1-6-2-4-7(8)5-3-6;1-3-4-2/h3,5H,4,6-9H2,1-2H3;2-5,8H,1H3;3-4H2,1-2H3/b5-3+;;. The largest absolute Gasteiger partial charge is 0.508 e. The molecule has 0 spiro atoms. The van der Waals surface area contributed by atoms with Gasteiger partial charge in [-0.05, 0) is 38.8 Å². The minimum Gasteiger partial charge on any atom is -0.508 e. The molecule has 1 heteroatoms. The van der Waals surface area contributed by atoms with Gasteiger partial charge in [0.1, 0.15) is 5.75 Å². The predicted molar refractivity (Wildman–Crippen MR) is 97.0 cm³/mol. The van der Waals surface area contributed by atoms with Gasteiger partial charge in [0.05, 0.1) is 0 Å². The first-order chi connectivity index (χ1) is 10.1. The number of phenolic OH excluding ortho intramolecular Hbond substituents is 1. The van der Waals surface area contributed by atoms with E-state index in [1.807, 2.05) is 19.1 Å². The van der Waals surface area contributed by atoms with Gasteiger partial charge < -0.3 is 5.11 Å². The van der Waals surface area contributed by atoms with Crippen LogP contribution >= 0.6 is 0 Å². The van der Waals surface area contributed by atoms with Gasteiger partial charge in [0.25, 0.3) is 0 Å². The summed E-state index contributed by atoms with van der Waals surface area (Å²) in [5.41, 5.74) is 1.17. The quantitative estimate of drug-likeness (QED) is 0.440. The van der Waals surface area contributed by atoms with Crippen LogP contribution in [0.4, 0.5) is 0 Å². The Morgan fingerprint density at radius 2 is 1.43 bits per heavy atom. The summed E-state index contributed by atoms with van der Waals surface area (Å²) in [4.78, 5) is 0. The lowest BCUT2D eigenvalue weighted by molar-refractivity contribution is 0.475. The zero-order valence-electron chi connectivity index (χ0n) is 14.9. The van der Waals surface area contributed by atoms with Crippen LogP contribution in [0.1, 0.15) is 78.2 Å². The Kier molecular flexibility index (Phi) is 19.7. The normalized spacial score (nSPS) is 9.57. The van der Waals surface area contributed by atoms with Crippen molar-refractivity contribution < 1.29 is 5.11 Å². The SMILES string of the molecule is C/C=C/CCCCCC.CCCC.Cc1ccc(O)cc1. The topological polar surface area (TPSA) is 20.2 Å². The molecule has 0 amide bonds. The van der Waals surface area contributed by atoms with Crippen LogP contribution in [0, 0.1) is 6.92 Å². The van der Waals surface area contributed by atoms with E-state index in [4.69, 9.17) is 5.11 Å². The third-order valence-electron chi connectivity index (χ3n) is 2.99. The number of phenols is 1. The van der Waals surface area contributed by atoms with E-state index in [0.717, 1.165) is 0 Å². The first-order valence-corrected chi connectivity index (χ1v) is 8.49. The van der Waals surface area contributed by atoms with Crippen molar-refractivity contribution in [3.63, 3.8) is 0 Å². The van der Waals surface area contributed by atoms with E-state index in [9.17, 15) is 0 Å². The number of aryl methyl sites for hydroxylation is 1. The summed E-state index contributed by atoms with van der Waals surface area (Å²) >= 11 is 0. The number of hydrogen-bond acceptors (Lipinski definition) is 1. The zero-order chi connectivity index (χ0) is 16.3. The van der Waals surface area contributed by atoms with Crippen LogP contribution < -0.4 is 0 Å². The molecule has 0 aromatic heterocycles. The van der Waals surface area contributed by atoms with Gasteiger partial charge in [0, 0.05) is 0 Å². The van der Waals surface area contributed by atoms with Crippen LogP contribution in [0.3, 0.4) is 0 Å². The molecule has 0 aliphatic rings. The third kappa shape index (κ3) is 21.2. The van der Waals surface area contributed by atoms with Crippen molar-refractivity contribution in [3.05, 3.63) is 42.0 Å². The second-order valence-corrected chi connectivity index (χ2v) is 5.25. The second kappa shape index (κ2) is 18.8. The maximum atomic E-state index is 8.76. The van der Waals surface area contributed by atoms with Crippen molar-refractivity contribution in [2.45, 2.75) is 79.6 Å². The summed E-state index contributed by atoms with van der Waals surface area (Å²) in [6, 6.07) is 7.09. The third-order valence-corrected chi connectivity index (χ3v) is 2.99. The predicted octanol–water partition coefficient (Wildman–Crippen LogP) is 7.04. The second-order valence-electron chi connectivity index (χ2n) is 5.25. The van der Waals surface area contributed by atoms with Gasteiger partial charge in [0.2, 0.25) is 0 Å². The van der Waals surface area contributed by atoms with Gasteiger partial charge in [0.15, 0.2) is 0 Å². The Balaban J connectivity index is 0. The Morgan fingerprint density at radius 1 is 0.857 bits per heavy atom. The lowest BCUT2D eigenvalue weighted by atomic mass is 10.1. The summed E-state index contributed by atoms with van der Waals surface area (Å²) in [5, 5.41) is 8.76. The summed E-state index contributed by atoms with van der Waals surface area (Å²) in [6.07, 6.45) is 13.8. The van der Waals surface area contributed by atoms with Crippen LogP contribution in [0.25, 0.3) is 0 Å². The summed E-state index contributed by atoms with van der Waals surface area (Å²) in [7, 11) is 0.